The maximum absolute atomic E-state index is 10.1. The molecule has 84 valence electrons. The van der Waals surface area contributed by atoms with Gasteiger partial charge >= 0.3 is 0 Å². The minimum atomic E-state index is -0.641. The highest BCUT2D eigenvalue weighted by atomic mass is 16.3. The van der Waals surface area contributed by atoms with Crippen LogP contribution >= 0.6 is 0 Å². The third-order valence-corrected chi connectivity index (χ3v) is 3.48. The highest BCUT2D eigenvalue weighted by Gasteiger charge is 2.32. The van der Waals surface area contributed by atoms with Crippen LogP contribution in [0.5, 0.6) is 0 Å². The lowest BCUT2D eigenvalue weighted by atomic mass is 9.92. The number of aliphatic hydroxyl groups is 2. The standard InChI is InChI=1S/C11H23NO2/c1-9(2)11(3,14)8-12-6-4-5-10(12)7-13/h9-10,13-14H,4-8H2,1-3H3/t10-,11?/m0/s1. The van der Waals surface area contributed by atoms with Crippen LogP contribution in [-0.2, 0) is 0 Å². The minimum absolute atomic E-state index is 0.216. The van der Waals surface area contributed by atoms with Crippen LogP contribution in [0.2, 0.25) is 0 Å². The van der Waals surface area contributed by atoms with Gasteiger partial charge in [0, 0.05) is 12.6 Å². The number of rotatable bonds is 4. The van der Waals surface area contributed by atoms with Crippen molar-refractivity contribution in [3.05, 3.63) is 0 Å². The Bertz CT molecular complexity index is 180. The third-order valence-electron chi connectivity index (χ3n) is 3.48. The number of β-amino-alcohol motifs (C(OH)–C–C–N with tert-alkyl or cyclic N) is 1. The average Bonchev–Trinajstić information content (AvgIpc) is 2.50. The summed E-state index contributed by atoms with van der Waals surface area (Å²) in [6, 6.07) is 0.264. The van der Waals surface area contributed by atoms with E-state index < -0.39 is 5.60 Å². The van der Waals surface area contributed by atoms with Crippen LogP contribution in [0.1, 0.15) is 33.6 Å². The van der Waals surface area contributed by atoms with Gasteiger partial charge in [0.1, 0.15) is 0 Å². The molecule has 0 spiro atoms. The Kier molecular flexibility index (Phi) is 3.93. The van der Waals surface area contributed by atoms with Gasteiger partial charge in [0.25, 0.3) is 0 Å². The van der Waals surface area contributed by atoms with Crippen LogP contribution in [0.15, 0.2) is 0 Å². The SMILES string of the molecule is CC(C)C(C)(O)CN1CCC[C@H]1CO. The second kappa shape index (κ2) is 4.60. The van der Waals surface area contributed by atoms with E-state index in [1.165, 1.54) is 0 Å². The Labute approximate surface area is 86.7 Å². The van der Waals surface area contributed by atoms with Gasteiger partial charge in [-0.25, -0.2) is 0 Å². The molecule has 1 aliphatic rings. The smallest absolute Gasteiger partial charge is 0.0768 e. The molecule has 1 heterocycles. The van der Waals surface area contributed by atoms with Crippen LogP contribution in [0.3, 0.4) is 0 Å². The fraction of sp³-hybridized carbons (Fsp3) is 1.00. The van der Waals surface area contributed by atoms with Gasteiger partial charge in [0.2, 0.25) is 0 Å². The van der Waals surface area contributed by atoms with Crippen molar-refractivity contribution in [2.45, 2.75) is 45.3 Å². The van der Waals surface area contributed by atoms with E-state index in [4.69, 9.17) is 5.11 Å². The van der Waals surface area contributed by atoms with Crippen molar-refractivity contribution in [3.8, 4) is 0 Å². The lowest BCUT2D eigenvalue weighted by Crippen LogP contribution is -2.47. The molecule has 1 fully saturated rings. The Morgan fingerprint density at radius 2 is 2.14 bits per heavy atom. The molecule has 0 aromatic heterocycles. The predicted molar refractivity (Wildman–Crippen MR) is 57.1 cm³/mol. The molecular formula is C11H23NO2. The van der Waals surface area contributed by atoms with Crippen LogP contribution in [0, 0.1) is 5.92 Å². The lowest BCUT2D eigenvalue weighted by molar-refractivity contribution is -0.0262. The molecule has 0 bridgehead atoms. The van der Waals surface area contributed by atoms with E-state index in [0.717, 1.165) is 19.4 Å². The maximum atomic E-state index is 10.1. The van der Waals surface area contributed by atoms with Crippen LogP contribution in [-0.4, -0.2) is 46.5 Å². The first-order valence-electron chi connectivity index (χ1n) is 5.54. The van der Waals surface area contributed by atoms with Crippen molar-refractivity contribution in [1.82, 2.24) is 4.90 Å². The monoisotopic (exact) mass is 201 g/mol. The van der Waals surface area contributed by atoms with Crippen LogP contribution < -0.4 is 0 Å². The van der Waals surface area contributed by atoms with Crippen LogP contribution in [0.25, 0.3) is 0 Å². The molecule has 3 heteroatoms. The number of hydrogen-bond donors (Lipinski definition) is 2. The first kappa shape index (κ1) is 12.0. The normalized spacial score (nSPS) is 28.3. The van der Waals surface area contributed by atoms with E-state index >= 15 is 0 Å². The molecule has 0 aromatic rings. The van der Waals surface area contributed by atoms with Crippen molar-refractivity contribution in [2.75, 3.05) is 19.7 Å². The van der Waals surface area contributed by atoms with Gasteiger partial charge in [0.15, 0.2) is 0 Å². The topological polar surface area (TPSA) is 43.7 Å². The highest BCUT2D eigenvalue weighted by Crippen LogP contribution is 2.23. The summed E-state index contributed by atoms with van der Waals surface area (Å²) in [5.74, 6) is 0.252. The van der Waals surface area contributed by atoms with Gasteiger partial charge in [-0.3, -0.25) is 4.90 Å². The molecule has 0 aliphatic carbocycles. The molecule has 1 saturated heterocycles. The summed E-state index contributed by atoms with van der Waals surface area (Å²) in [7, 11) is 0. The van der Waals surface area contributed by atoms with Gasteiger partial charge in [-0.05, 0) is 32.2 Å². The molecule has 0 radical (unpaired) electrons. The van der Waals surface area contributed by atoms with Gasteiger partial charge < -0.3 is 10.2 Å². The first-order valence-corrected chi connectivity index (χ1v) is 5.54. The summed E-state index contributed by atoms with van der Waals surface area (Å²) in [6.45, 7) is 7.84. The Hall–Kier alpha value is -0.120. The number of hydrogen-bond acceptors (Lipinski definition) is 3. The second-order valence-electron chi connectivity index (χ2n) is 4.96. The summed E-state index contributed by atoms with van der Waals surface area (Å²) in [5, 5.41) is 19.3. The van der Waals surface area contributed by atoms with Gasteiger partial charge in [0.05, 0.1) is 12.2 Å². The maximum Gasteiger partial charge on any atom is 0.0768 e. The molecule has 0 amide bonds. The van der Waals surface area contributed by atoms with E-state index in [0.29, 0.717) is 6.54 Å². The fourth-order valence-electron chi connectivity index (χ4n) is 1.90. The largest absolute Gasteiger partial charge is 0.395 e. The Morgan fingerprint density at radius 3 is 2.64 bits per heavy atom. The van der Waals surface area contributed by atoms with Crippen molar-refractivity contribution < 1.29 is 10.2 Å². The second-order valence-corrected chi connectivity index (χ2v) is 4.96. The molecule has 1 aliphatic heterocycles. The zero-order valence-corrected chi connectivity index (χ0v) is 9.53. The average molecular weight is 201 g/mol. The molecule has 3 nitrogen and oxygen atoms in total. The van der Waals surface area contributed by atoms with E-state index in [2.05, 4.69) is 4.90 Å². The van der Waals surface area contributed by atoms with E-state index in [9.17, 15) is 5.11 Å². The zero-order valence-electron chi connectivity index (χ0n) is 9.53. The van der Waals surface area contributed by atoms with Gasteiger partial charge in [-0.15, -0.1) is 0 Å². The molecule has 14 heavy (non-hydrogen) atoms. The third kappa shape index (κ3) is 2.69. The Morgan fingerprint density at radius 1 is 1.50 bits per heavy atom. The van der Waals surface area contributed by atoms with Crippen molar-refractivity contribution in [3.63, 3.8) is 0 Å². The summed E-state index contributed by atoms with van der Waals surface area (Å²) >= 11 is 0. The minimum Gasteiger partial charge on any atom is -0.395 e. The zero-order chi connectivity index (χ0) is 10.8. The predicted octanol–water partition coefficient (Wildman–Crippen LogP) is 0.850. The summed E-state index contributed by atoms with van der Waals surface area (Å²) < 4.78 is 0. The fourth-order valence-corrected chi connectivity index (χ4v) is 1.90. The van der Waals surface area contributed by atoms with Crippen molar-refractivity contribution >= 4 is 0 Å². The van der Waals surface area contributed by atoms with E-state index in [1.54, 1.807) is 0 Å². The molecule has 0 saturated carbocycles. The molecular weight excluding hydrogens is 178 g/mol. The lowest BCUT2D eigenvalue weighted by Gasteiger charge is -2.34. The molecule has 2 atom stereocenters. The number of likely N-dealkylation sites (tertiary alicyclic amines) is 1. The highest BCUT2D eigenvalue weighted by molar-refractivity contribution is 4.86. The number of nitrogens with zero attached hydrogens (tertiary/aromatic N) is 1. The summed E-state index contributed by atoms with van der Waals surface area (Å²) in [5.41, 5.74) is -0.641. The van der Waals surface area contributed by atoms with E-state index in [-0.39, 0.29) is 18.6 Å². The van der Waals surface area contributed by atoms with Gasteiger partial charge in [-0.2, -0.15) is 0 Å². The molecule has 2 N–H and O–H groups in total. The van der Waals surface area contributed by atoms with Gasteiger partial charge in [-0.1, -0.05) is 13.8 Å². The molecule has 0 aromatic carbocycles. The van der Waals surface area contributed by atoms with E-state index in [1.807, 2.05) is 20.8 Å². The molecule has 1 rings (SSSR count). The van der Waals surface area contributed by atoms with Crippen molar-refractivity contribution in [2.24, 2.45) is 5.92 Å². The Balaban J connectivity index is 2.50. The first-order chi connectivity index (χ1) is 6.47. The summed E-state index contributed by atoms with van der Waals surface area (Å²) in [4.78, 5) is 2.21. The van der Waals surface area contributed by atoms with Crippen molar-refractivity contribution in [1.29, 1.82) is 0 Å². The number of aliphatic hydroxyl groups excluding tert-OH is 1. The molecule has 1 unspecified atom stereocenters. The summed E-state index contributed by atoms with van der Waals surface area (Å²) in [6.07, 6.45) is 2.20. The quantitative estimate of drug-likeness (QED) is 0.708. The van der Waals surface area contributed by atoms with Crippen LogP contribution in [0.4, 0.5) is 0 Å².